The zero-order chi connectivity index (χ0) is 17.9. The number of hydrogen-bond donors (Lipinski definition) is 0. The van der Waals surface area contributed by atoms with Gasteiger partial charge in [-0.3, -0.25) is 9.59 Å². The highest BCUT2D eigenvalue weighted by molar-refractivity contribution is 5.76. The van der Waals surface area contributed by atoms with Crippen LogP contribution in [-0.4, -0.2) is 62.0 Å². The molecule has 140 valence electrons. The molecule has 0 spiro atoms. The quantitative estimate of drug-likeness (QED) is 0.669. The van der Waals surface area contributed by atoms with Crippen molar-refractivity contribution >= 4 is 11.9 Å². The van der Waals surface area contributed by atoms with E-state index < -0.39 is 0 Å². The molecule has 1 aliphatic carbocycles. The fourth-order valence-electron chi connectivity index (χ4n) is 3.65. The summed E-state index contributed by atoms with van der Waals surface area (Å²) in [5.41, 5.74) is 0. The standard InChI is InChI=1S/C16H28N2O3.C3H8/c1-17(9-4-7-16(20)21-2)15(19)8-10-18-11-13-5-3-6-14(13)12-18;1-3-2/h13-14H,3-12H2,1-2H3;3H2,1-2H3. The van der Waals surface area contributed by atoms with Gasteiger partial charge >= 0.3 is 5.97 Å². The third-order valence-electron chi connectivity index (χ3n) is 4.97. The van der Waals surface area contributed by atoms with E-state index in [1.807, 2.05) is 7.05 Å². The molecule has 1 saturated carbocycles. The van der Waals surface area contributed by atoms with Gasteiger partial charge in [-0.05, 0) is 31.1 Å². The Morgan fingerprint density at radius 3 is 2.25 bits per heavy atom. The highest BCUT2D eigenvalue weighted by atomic mass is 16.5. The first kappa shape index (κ1) is 20.9. The van der Waals surface area contributed by atoms with E-state index >= 15 is 0 Å². The van der Waals surface area contributed by atoms with Crippen molar-refractivity contribution < 1.29 is 14.3 Å². The van der Waals surface area contributed by atoms with Crippen LogP contribution in [0.1, 0.15) is 58.8 Å². The Morgan fingerprint density at radius 1 is 1.12 bits per heavy atom. The van der Waals surface area contributed by atoms with Crippen LogP contribution in [0.3, 0.4) is 0 Å². The van der Waals surface area contributed by atoms with Gasteiger partial charge in [-0.1, -0.05) is 26.7 Å². The molecule has 2 rings (SSSR count). The number of rotatable bonds is 7. The van der Waals surface area contributed by atoms with Crippen molar-refractivity contribution in [2.75, 3.05) is 40.3 Å². The van der Waals surface area contributed by atoms with Gasteiger partial charge in [0.2, 0.25) is 5.91 Å². The molecule has 2 unspecified atom stereocenters. The summed E-state index contributed by atoms with van der Waals surface area (Å²) in [6.07, 6.45) is 7.04. The lowest BCUT2D eigenvalue weighted by Gasteiger charge is -2.20. The number of esters is 1. The van der Waals surface area contributed by atoms with Crippen LogP contribution in [0.25, 0.3) is 0 Å². The zero-order valence-corrected chi connectivity index (χ0v) is 16.1. The van der Waals surface area contributed by atoms with Crippen molar-refractivity contribution in [3.63, 3.8) is 0 Å². The van der Waals surface area contributed by atoms with Crippen LogP contribution in [-0.2, 0) is 14.3 Å². The van der Waals surface area contributed by atoms with Crippen LogP contribution < -0.4 is 0 Å². The summed E-state index contributed by atoms with van der Waals surface area (Å²) in [4.78, 5) is 27.3. The lowest BCUT2D eigenvalue weighted by Crippen LogP contribution is -2.32. The fraction of sp³-hybridized carbons (Fsp3) is 0.895. The van der Waals surface area contributed by atoms with Crippen LogP contribution in [0.5, 0.6) is 0 Å². The van der Waals surface area contributed by atoms with Gasteiger partial charge in [-0.25, -0.2) is 0 Å². The predicted octanol–water partition coefficient (Wildman–Crippen LogP) is 2.94. The number of fused-ring (bicyclic) bond motifs is 1. The maximum Gasteiger partial charge on any atom is 0.305 e. The number of methoxy groups -OCH3 is 1. The Bertz CT molecular complexity index is 375. The molecule has 24 heavy (non-hydrogen) atoms. The van der Waals surface area contributed by atoms with E-state index in [0.717, 1.165) is 18.4 Å². The van der Waals surface area contributed by atoms with Crippen molar-refractivity contribution in [1.82, 2.24) is 9.80 Å². The van der Waals surface area contributed by atoms with Gasteiger partial charge in [-0.2, -0.15) is 0 Å². The van der Waals surface area contributed by atoms with Gasteiger partial charge in [0.15, 0.2) is 0 Å². The molecule has 2 aliphatic rings. The van der Waals surface area contributed by atoms with Gasteiger partial charge in [0, 0.05) is 46.1 Å². The van der Waals surface area contributed by atoms with E-state index in [0.29, 0.717) is 25.8 Å². The highest BCUT2D eigenvalue weighted by Gasteiger charge is 2.35. The second-order valence-electron chi connectivity index (χ2n) is 7.16. The number of carbonyl (C=O) groups is 2. The molecule has 0 bridgehead atoms. The fourth-order valence-corrected chi connectivity index (χ4v) is 3.65. The first-order valence-corrected chi connectivity index (χ1v) is 9.54. The molecule has 0 radical (unpaired) electrons. The van der Waals surface area contributed by atoms with Crippen LogP contribution in [0, 0.1) is 11.8 Å². The Balaban J connectivity index is 0.000000891. The smallest absolute Gasteiger partial charge is 0.305 e. The summed E-state index contributed by atoms with van der Waals surface area (Å²) in [6, 6.07) is 0. The van der Waals surface area contributed by atoms with Crippen LogP contribution in [0.15, 0.2) is 0 Å². The van der Waals surface area contributed by atoms with Gasteiger partial charge in [0.1, 0.15) is 0 Å². The molecule has 0 N–H and O–H groups in total. The highest BCUT2D eigenvalue weighted by Crippen LogP contribution is 2.37. The number of nitrogens with zero attached hydrogens (tertiary/aromatic N) is 2. The average molecular weight is 341 g/mol. The Kier molecular flexibility index (Phi) is 9.99. The van der Waals surface area contributed by atoms with Crippen molar-refractivity contribution in [3.05, 3.63) is 0 Å². The van der Waals surface area contributed by atoms with E-state index in [1.165, 1.54) is 45.9 Å². The Morgan fingerprint density at radius 2 is 1.71 bits per heavy atom. The summed E-state index contributed by atoms with van der Waals surface area (Å²) in [5.74, 6) is 1.74. The molecule has 1 saturated heterocycles. The molecule has 2 fully saturated rings. The zero-order valence-electron chi connectivity index (χ0n) is 16.1. The summed E-state index contributed by atoms with van der Waals surface area (Å²) in [5, 5.41) is 0. The number of amides is 1. The van der Waals surface area contributed by atoms with Crippen LogP contribution in [0.2, 0.25) is 0 Å². The number of ether oxygens (including phenoxy) is 1. The van der Waals surface area contributed by atoms with Gasteiger partial charge in [-0.15, -0.1) is 0 Å². The molecule has 1 heterocycles. The van der Waals surface area contributed by atoms with Gasteiger partial charge in [0.25, 0.3) is 0 Å². The lowest BCUT2D eigenvalue weighted by molar-refractivity contribution is -0.141. The topological polar surface area (TPSA) is 49.9 Å². The minimum atomic E-state index is -0.209. The number of likely N-dealkylation sites (tertiary alicyclic amines) is 1. The number of hydrogen-bond acceptors (Lipinski definition) is 4. The molecule has 2 atom stereocenters. The SMILES string of the molecule is CCC.COC(=O)CCCN(C)C(=O)CCN1CC2CCCC2C1. The third-order valence-corrected chi connectivity index (χ3v) is 4.97. The molecule has 1 aliphatic heterocycles. The minimum absolute atomic E-state index is 0.178. The molecule has 0 aromatic carbocycles. The van der Waals surface area contributed by atoms with Crippen molar-refractivity contribution in [1.29, 1.82) is 0 Å². The minimum Gasteiger partial charge on any atom is -0.469 e. The van der Waals surface area contributed by atoms with Crippen LogP contribution >= 0.6 is 0 Å². The largest absolute Gasteiger partial charge is 0.469 e. The molecule has 1 amide bonds. The van der Waals surface area contributed by atoms with E-state index in [4.69, 9.17) is 0 Å². The maximum absolute atomic E-state index is 12.1. The summed E-state index contributed by atoms with van der Waals surface area (Å²) in [6.45, 7) is 8.13. The molecular weight excluding hydrogens is 304 g/mol. The van der Waals surface area contributed by atoms with Crippen molar-refractivity contribution in [2.45, 2.75) is 58.8 Å². The maximum atomic E-state index is 12.1. The van der Waals surface area contributed by atoms with E-state index in [1.54, 1.807) is 4.90 Å². The first-order valence-electron chi connectivity index (χ1n) is 9.54. The first-order chi connectivity index (χ1) is 11.5. The summed E-state index contributed by atoms with van der Waals surface area (Å²) in [7, 11) is 3.21. The summed E-state index contributed by atoms with van der Waals surface area (Å²) >= 11 is 0. The predicted molar refractivity (Wildman–Crippen MR) is 96.7 cm³/mol. The second kappa shape index (κ2) is 11.5. The molecular formula is C19H36N2O3. The lowest BCUT2D eigenvalue weighted by atomic mass is 10.0. The molecule has 5 heteroatoms. The molecule has 0 aromatic heterocycles. The number of carbonyl (C=O) groups excluding carboxylic acids is 2. The van der Waals surface area contributed by atoms with Crippen molar-refractivity contribution in [3.8, 4) is 0 Å². The van der Waals surface area contributed by atoms with Gasteiger partial charge in [0.05, 0.1) is 7.11 Å². The monoisotopic (exact) mass is 340 g/mol. The van der Waals surface area contributed by atoms with E-state index in [9.17, 15) is 9.59 Å². The van der Waals surface area contributed by atoms with Crippen molar-refractivity contribution in [2.24, 2.45) is 11.8 Å². The third kappa shape index (κ3) is 7.20. The van der Waals surface area contributed by atoms with Gasteiger partial charge < -0.3 is 14.5 Å². The summed E-state index contributed by atoms with van der Waals surface area (Å²) < 4.78 is 4.59. The molecule has 5 nitrogen and oxygen atoms in total. The Labute approximate surface area is 147 Å². The molecule has 0 aromatic rings. The van der Waals surface area contributed by atoms with E-state index in [-0.39, 0.29) is 11.9 Å². The normalized spacial score (nSPS) is 22.5. The average Bonchev–Trinajstić information content (AvgIpc) is 3.14. The van der Waals surface area contributed by atoms with Crippen LogP contribution in [0.4, 0.5) is 0 Å². The van der Waals surface area contributed by atoms with E-state index in [2.05, 4.69) is 23.5 Å². The second-order valence-corrected chi connectivity index (χ2v) is 7.16. The Hall–Kier alpha value is -1.10.